The fraction of sp³-hybridized carbons (Fsp3) is 0.393. The summed E-state index contributed by atoms with van der Waals surface area (Å²) >= 11 is 0. The van der Waals surface area contributed by atoms with Gasteiger partial charge in [0.1, 0.15) is 5.82 Å². The van der Waals surface area contributed by atoms with Crippen molar-refractivity contribution in [1.29, 1.82) is 0 Å². The molecule has 1 fully saturated rings. The maximum absolute atomic E-state index is 13.4. The predicted molar refractivity (Wildman–Crippen MR) is 143 cm³/mol. The molecule has 1 aromatic heterocycles. The van der Waals surface area contributed by atoms with Crippen molar-refractivity contribution in [2.45, 2.75) is 38.6 Å². The van der Waals surface area contributed by atoms with Crippen molar-refractivity contribution in [2.75, 3.05) is 43.9 Å². The molecule has 3 heterocycles. The average Bonchev–Trinajstić information content (AvgIpc) is 3.38. The molecule has 0 radical (unpaired) electrons. The van der Waals surface area contributed by atoms with Crippen LogP contribution in [0.3, 0.4) is 0 Å². The Kier molecular flexibility index (Phi) is 6.68. The van der Waals surface area contributed by atoms with Gasteiger partial charge in [-0.25, -0.2) is 4.98 Å². The first-order valence-corrected chi connectivity index (χ1v) is 12.5. The Bertz CT molecular complexity index is 1320. The van der Waals surface area contributed by atoms with Crippen LogP contribution in [0.1, 0.15) is 43.5 Å². The normalized spacial score (nSPS) is 17.0. The quantitative estimate of drug-likeness (QED) is 0.583. The second kappa shape index (κ2) is 10.0. The van der Waals surface area contributed by atoms with Crippen LogP contribution in [0, 0.1) is 0 Å². The molecule has 7 heteroatoms. The van der Waals surface area contributed by atoms with Gasteiger partial charge in [0, 0.05) is 45.0 Å². The highest BCUT2D eigenvalue weighted by Gasteiger charge is 2.20. The summed E-state index contributed by atoms with van der Waals surface area (Å²) in [6.45, 7) is 3.59. The zero-order valence-electron chi connectivity index (χ0n) is 20.6. The van der Waals surface area contributed by atoms with Crippen molar-refractivity contribution in [2.24, 2.45) is 0 Å². The van der Waals surface area contributed by atoms with Crippen molar-refractivity contribution < 1.29 is 4.79 Å². The Hall–Kier alpha value is -3.45. The summed E-state index contributed by atoms with van der Waals surface area (Å²) in [7, 11) is 4.05. The minimum atomic E-state index is -0.0493. The van der Waals surface area contributed by atoms with Gasteiger partial charge in [-0.1, -0.05) is 12.1 Å². The van der Waals surface area contributed by atoms with Crippen molar-refractivity contribution in [3.8, 4) is 0 Å². The number of allylic oxidation sites excluding steroid dienone is 1. The molecule has 5 rings (SSSR count). The molecule has 1 amide bonds. The lowest BCUT2D eigenvalue weighted by Crippen LogP contribution is -2.28. The van der Waals surface area contributed by atoms with Crippen LogP contribution in [-0.2, 0) is 11.3 Å². The number of carbonyl (C=O) groups is 1. The first-order chi connectivity index (χ1) is 17.0. The number of nitrogens with one attached hydrogen (secondary N) is 1. The molecule has 1 N–H and O–H groups in total. The minimum absolute atomic E-state index is 0.0206. The second-order valence-electron chi connectivity index (χ2n) is 9.73. The number of rotatable bonds is 6. The third kappa shape index (κ3) is 5.15. The number of hydrogen-bond acceptors (Lipinski definition) is 5. The van der Waals surface area contributed by atoms with E-state index in [-0.39, 0.29) is 11.5 Å². The summed E-state index contributed by atoms with van der Waals surface area (Å²) in [5, 5.41) is 3.51. The Labute approximate surface area is 206 Å². The third-order valence-electron chi connectivity index (χ3n) is 6.96. The number of nitrogens with zero attached hydrogens (tertiary/aromatic N) is 4. The number of amides is 1. The van der Waals surface area contributed by atoms with Gasteiger partial charge in [-0.2, -0.15) is 0 Å². The van der Waals surface area contributed by atoms with Gasteiger partial charge in [0.15, 0.2) is 0 Å². The van der Waals surface area contributed by atoms with E-state index in [2.05, 4.69) is 45.5 Å². The molecule has 0 bridgehead atoms. The highest BCUT2D eigenvalue weighted by molar-refractivity contribution is 5.94. The lowest BCUT2D eigenvalue weighted by molar-refractivity contribution is -0.116. The maximum Gasteiger partial charge on any atom is 0.261 e. The third-order valence-corrected chi connectivity index (χ3v) is 6.96. The zero-order chi connectivity index (χ0) is 24.4. The first kappa shape index (κ1) is 23.3. The molecule has 0 saturated carbocycles. The van der Waals surface area contributed by atoms with E-state index >= 15 is 0 Å². The topological polar surface area (TPSA) is 70.5 Å². The fourth-order valence-electron chi connectivity index (χ4n) is 4.99. The second-order valence-corrected chi connectivity index (χ2v) is 9.73. The molecule has 0 unspecified atom stereocenters. The summed E-state index contributed by atoms with van der Waals surface area (Å²) in [6.07, 6.45) is 6.81. The van der Waals surface area contributed by atoms with E-state index in [9.17, 15) is 9.59 Å². The molecule has 3 aromatic rings. The molecule has 0 spiro atoms. The van der Waals surface area contributed by atoms with Crippen LogP contribution in [0.25, 0.3) is 22.6 Å². The number of likely N-dealkylation sites (tertiary alicyclic amines) is 1. The van der Waals surface area contributed by atoms with Crippen molar-refractivity contribution in [1.82, 2.24) is 14.5 Å². The largest absolute Gasteiger partial charge is 0.378 e. The van der Waals surface area contributed by atoms with Gasteiger partial charge in [0.2, 0.25) is 5.91 Å². The van der Waals surface area contributed by atoms with E-state index < -0.39 is 0 Å². The lowest BCUT2D eigenvalue weighted by atomic mass is 10.0. The monoisotopic (exact) mass is 471 g/mol. The Balaban J connectivity index is 1.39. The van der Waals surface area contributed by atoms with Crippen LogP contribution in [-0.4, -0.2) is 54.1 Å². The standard InChI is InChI=1S/C28H33N5O2/c1-31(2)23-10-7-20(8-11-23)18-21-6-5-16-33-27(21)30-25-12-9-22(19-24(25)28(33)35)29-26(34)13-17-32-14-3-4-15-32/h7-12,18-19H,3-6,13-17H2,1-2H3,(H,29,34)/b21-18+. The van der Waals surface area contributed by atoms with E-state index in [0.29, 0.717) is 29.6 Å². The molecule has 2 aliphatic heterocycles. The van der Waals surface area contributed by atoms with Crippen molar-refractivity contribution in [3.63, 3.8) is 0 Å². The minimum Gasteiger partial charge on any atom is -0.378 e. The molecule has 2 aromatic carbocycles. The molecule has 35 heavy (non-hydrogen) atoms. The van der Waals surface area contributed by atoms with Crippen LogP contribution in [0.2, 0.25) is 0 Å². The summed E-state index contributed by atoms with van der Waals surface area (Å²) in [4.78, 5) is 35.1. The molecule has 2 aliphatic rings. The Morgan fingerprint density at radius 3 is 2.57 bits per heavy atom. The van der Waals surface area contributed by atoms with Gasteiger partial charge in [-0.15, -0.1) is 0 Å². The van der Waals surface area contributed by atoms with Gasteiger partial charge in [0.05, 0.1) is 10.9 Å². The molecule has 7 nitrogen and oxygen atoms in total. The summed E-state index contributed by atoms with van der Waals surface area (Å²) < 4.78 is 1.78. The summed E-state index contributed by atoms with van der Waals surface area (Å²) in [6, 6.07) is 13.8. The number of anilines is 2. The molecule has 1 saturated heterocycles. The number of aromatic nitrogens is 2. The Morgan fingerprint density at radius 1 is 1.06 bits per heavy atom. The van der Waals surface area contributed by atoms with Gasteiger partial charge < -0.3 is 15.1 Å². The van der Waals surface area contributed by atoms with Gasteiger partial charge in [-0.05, 0) is 86.3 Å². The number of hydrogen-bond donors (Lipinski definition) is 1. The molecular weight excluding hydrogens is 438 g/mol. The predicted octanol–water partition coefficient (Wildman–Crippen LogP) is 4.22. The number of carbonyl (C=O) groups excluding carboxylic acids is 1. The highest BCUT2D eigenvalue weighted by Crippen LogP contribution is 2.28. The molecule has 182 valence electrons. The van der Waals surface area contributed by atoms with Gasteiger partial charge >= 0.3 is 0 Å². The van der Waals surface area contributed by atoms with E-state index in [0.717, 1.165) is 55.1 Å². The van der Waals surface area contributed by atoms with Crippen molar-refractivity contribution in [3.05, 3.63) is 64.2 Å². The van der Waals surface area contributed by atoms with Gasteiger partial charge in [0.25, 0.3) is 5.56 Å². The van der Waals surface area contributed by atoms with Crippen LogP contribution >= 0.6 is 0 Å². The smallest absolute Gasteiger partial charge is 0.261 e. The Morgan fingerprint density at radius 2 is 1.83 bits per heavy atom. The number of benzene rings is 2. The van der Waals surface area contributed by atoms with E-state index in [1.807, 2.05) is 26.2 Å². The fourth-order valence-corrected chi connectivity index (χ4v) is 4.99. The van der Waals surface area contributed by atoms with E-state index in [4.69, 9.17) is 4.98 Å². The van der Waals surface area contributed by atoms with Crippen LogP contribution in [0.15, 0.2) is 47.3 Å². The maximum atomic E-state index is 13.4. The summed E-state index contributed by atoms with van der Waals surface area (Å²) in [5.41, 5.74) is 4.58. The summed E-state index contributed by atoms with van der Waals surface area (Å²) in [5.74, 6) is 0.723. The van der Waals surface area contributed by atoms with Crippen LogP contribution in [0.4, 0.5) is 11.4 Å². The SMILES string of the molecule is CN(C)c1ccc(/C=C2\CCCn3c2nc2ccc(NC(=O)CCN4CCCC4)cc2c3=O)cc1. The van der Waals surface area contributed by atoms with Crippen LogP contribution < -0.4 is 15.8 Å². The molecular formula is C28H33N5O2. The lowest BCUT2D eigenvalue weighted by Gasteiger charge is -2.21. The number of fused-ring (bicyclic) bond motifs is 2. The molecule has 0 atom stereocenters. The van der Waals surface area contributed by atoms with E-state index in [1.54, 1.807) is 10.6 Å². The highest BCUT2D eigenvalue weighted by atomic mass is 16.1. The van der Waals surface area contributed by atoms with Crippen molar-refractivity contribution >= 4 is 39.8 Å². The molecule has 0 aliphatic carbocycles. The average molecular weight is 472 g/mol. The van der Waals surface area contributed by atoms with Crippen LogP contribution in [0.5, 0.6) is 0 Å². The van der Waals surface area contributed by atoms with Gasteiger partial charge in [-0.3, -0.25) is 14.2 Å². The van der Waals surface area contributed by atoms with E-state index in [1.165, 1.54) is 12.8 Å². The first-order valence-electron chi connectivity index (χ1n) is 12.5. The zero-order valence-corrected chi connectivity index (χ0v) is 20.6.